The minimum Gasteiger partial charge on any atom is -0.381 e. The van der Waals surface area contributed by atoms with Gasteiger partial charge < -0.3 is 19.9 Å². The molecular weight excluding hydrogens is 242 g/mol. The molecule has 3 aliphatic heterocycles. The summed E-state index contributed by atoms with van der Waals surface area (Å²) < 4.78 is 17.5. The second-order valence-electron chi connectivity index (χ2n) is 6.69. The van der Waals surface area contributed by atoms with Crippen molar-refractivity contribution in [3.63, 3.8) is 0 Å². The molecule has 0 bridgehead atoms. The van der Waals surface area contributed by atoms with Gasteiger partial charge in [-0.15, -0.1) is 0 Å². The van der Waals surface area contributed by atoms with Crippen LogP contribution in [-0.2, 0) is 14.2 Å². The Labute approximate surface area is 116 Å². The maximum absolute atomic E-state index is 6.57. The first kappa shape index (κ1) is 13.8. The van der Waals surface area contributed by atoms with Gasteiger partial charge in [0.15, 0.2) is 0 Å². The van der Waals surface area contributed by atoms with Crippen LogP contribution < -0.4 is 5.73 Å². The van der Waals surface area contributed by atoms with Crippen LogP contribution in [0.4, 0.5) is 0 Å². The van der Waals surface area contributed by atoms with Gasteiger partial charge in [0.05, 0.1) is 11.2 Å². The van der Waals surface area contributed by atoms with Crippen molar-refractivity contribution in [1.82, 2.24) is 0 Å². The smallest absolute Gasteiger partial charge is 0.0808 e. The third-order valence-electron chi connectivity index (χ3n) is 5.40. The highest BCUT2D eigenvalue weighted by molar-refractivity contribution is 4.99. The molecule has 3 atom stereocenters. The van der Waals surface area contributed by atoms with Gasteiger partial charge in [-0.05, 0) is 51.4 Å². The Morgan fingerprint density at radius 3 is 2.53 bits per heavy atom. The molecule has 3 aliphatic rings. The minimum absolute atomic E-state index is 0.0355. The van der Waals surface area contributed by atoms with E-state index in [9.17, 15) is 0 Å². The lowest BCUT2D eigenvalue weighted by atomic mass is 9.73. The van der Waals surface area contributed by atoms with Crippen LogP contribution in [0.1, 0.15) is 45.4 Å². The number of hydrogen-bond acceptors (Lipinski definition) is 4. The first-order valence-corrected chi connectivity index (χ1v) is 7.75. The summed E-state index contributed by atoms with van der Waals surface area (Å²) >= 11 is 0. The number of ether oxygens (including phenoxy) is 3. The Hall–Kier alpha value is -0.160. The van der Waals surface area contributed by atoms with Gasteiger partial charge in [0.25, 0.3) is 0 Å². The van der Waals surface area contributed by atoms with E-state index < -0.39 is 0 Å². The lowest BCUT2D eigenvalue weighted by molar-refractivity contribution is -0.156. The highest BCUT2D eigenvalue weighted by Gasteiger charge is 2.46. The largest absolute Gasteiger partial charge is 0.381 e. The van der Waals surface area contributed by atoms with Gasteiger partial charge in [-0.3, -0.25) is 0 Å². The zero-order valence-corrected chi connectivity index (χ0v) is 12.0. The zero-order chi connectivity index (χ0) is 13.3. The molecule has 4 nitrogen and oxygen atoms in total. The van der Waals surface area contributed by atoms with Crippen molar-refractivity contribution in [3.05, 3.63) is 0 Å². The van der Waals surface area contributed by atoms with Crippen LogP contribution in [0.15, 0.2) is 0 Å². The van der Waals surface area contributed by atoms with Crippen LogP contribution >= 0.6 is 0 Å². The molecule has 0 aromatic carbocycles. The number of nitrogens with two attached hydrogens (primary N) is 1. The fraction of sp³-hybridized carbons (Fsp3) is 1.00. The van der Waals surface area contributed by atoms with Crippen molar-refractivity contribution in [2.45, 2.75) is 62.7 Å². The molecular formula is C15H27NO3. The van der Waals surface area contributed by atoms with E-state index in [-0.39, 0.29) is 17.2 Å². The van der Waals surface area contributed by atoms with Crippen molar-refractivity contribution in [2.24, 2.45) is 11.7 Å². The summed E-state index contributed by atoms with van der Waals surface area (Å²) in [5.41, 5.74) is 6.48. The summed E-state index contributed by atoms with van der Waals surface area (Å²) in [4.78, 5) is 0. The van der Waals surface area contributed by atoms with Crippen molar-refractivity contribution < 1.29 is 14.2 Å². The van der Waals surface area contributed by atoms with Crippen LogP contribution in [0.25, 0.3) is 0 Å². The van der Waals surface area contributed by atoms with E-state index in [1.54, 1.807) is 0 Å². The summed E-state index contributed by atoms with van der Waals surface area (Å²) in [5, 5.41) is 0. The second-order valence-corrected chi connectivity index (χ2v) is 6.69. The van der Waals surface area contributed by atoms with E-state index in [0.29, 0.717) is 5.92 Å². The molecule has 3 unspecified atom stereocenters. The third-order valence-corrected chi connectivity index (χ3v) is 5.40. The fourth-order valence-electron chi connectivity index (χ4n) is 4.03. The Morgan fingerprint density at radius 1 is 1.05 bits per heavy atom. The average Bonchev–Trinajstić information content (AvgIpc) is 2.87. The predicted octanol–water partition coefficient (Wildman–Crippen LogP) is 1.86. The average molecular weight is 269 g/mol. The first-order valence-electron chi connectivity index (χ1n) is 7.75. The molecule has 0 aromatic rings. The van der Waals surface area contributed by atoms with Crippen molar-refractivity contribution in [3.8, 4) is 0 Å². The lowest BCUT2D eigenvalue weighted by Gasteiger charge is -2.47. The molecule has 3 rings (SSSR count). The second kappa shape index (κ2) is 5.32. The van der Waals surface area contributed by atoms with Gasteiger partial charge in [0.1, 0.15) is 0 Å². The number of hydrogen-bond donors (Lipinski definition) is 1. The van der Waals surface area contributed by atoms with E-state index in [4.69, 9.17) is 19.9 Å². The molecule has 3 fully saturated rings. The van der Waals surface area contributed by atoms with Crippen molar-refractivity contribution in [2.75, 3.05) is 26.4 Å². The Balaban J connectivity index is 1.67. The van der Waals surface area contributed by atoms with Gasteiger partial charge in [-0.1, -0.05) is 0 Å². The molecule has 1 spiro atoms. The molecule has 19 heavy (non-hydrogen) atoms. The Morgan fingerprint density at radius 2 is 1.84 bits per heavy atom. The van der Waals surface area contributed by atoms with Crippen LogP contribution in [-0.4, -0.2) is 43.7 Å². The summed E-state index contributed by atoms with van der Waals surface area (Å²) in [7, 11) is 0. The van der Waals surface area contributed by atoms with Gasteiger partial charge in [-0.2, -0.15) is 0 Å². The fourth-order valence-corrected chi connectivity index (χ4v) is 4.03. The molecule has 0 aliphatic carbocycles. The van der Waals surface area contributed by atoms with E-state index in [0.717, 1.165) is 65.0 Å². The normalized spacial score (nSPS) is 40.4. The Kier molecular flexibility index (Phi) is 3.87. The van der Waals surface area contributed by atoms with Gasteiger partial charge in [0, 0.05) is 32.5 Å². The van der Waals surface area contributed by atoms with Crippen molar-refractivity contribution in [1.29, 1.82) is 0 Å². The quantitative estimate of drug-likeness (QED) is 0.831. The monoisotopic (exact) mass is 269 g/mol. The molecule has 3 heterocycles. The molecule has 2 N–H and O–H groups in total. The van der Waals surface area contributed by atoms with Crippen LogP contribution in [0.3, 0.4) is 0 Å². The highest BCUT2D eigenvalue weighted by Crippen LogP contribution is 2.41. The van der Waals surface area contributed by atoms with Gasteiger partial charge in [-0.25, -0.2) is 0 Å². The lowest BCUT2D eigenvalue weighted by Crippen LogP contribution is -2.55. The van der Waals surface area contributed by atoms with Crippen LogP contribution in [0, 0.1) is 5.92 Å². The number of rotatable bonds is 2. The maximum Gasteiger partial charge on any atom is 0.0808 e. The van der Waals surface area contributed by atoms with E-state index in [2.05, 4.69) is 6.92 Å². The topological polar surface area (TPSA) is 53.7 Å². The van der Waals surface area contributed by atoms with E-state index in [1.165, 1.54) is 0 Å². The van der Waals surface area contributed by atoms with Crippen molar-refractivity contribution >= 4 is 0 Å². The van der Waals surface area contributed by atoms with E-state index >= 15 is 0 Å². The predicted molar refractivity (Wildman–Crippen MR) is 73.0 cm³/mol. The maximum atomic E-state index is 6.57. The summed E-state index contributed by atoms with van der Waals surface area (Å²) in [6.45, 7) is 5.56. The van der Waals surface area contributed by atoms with E-state index in [1.807, 2.05) is 0 Å². The summed E-state index contributed by atoms with van der Waals surface area (Å²) in [6.07, 6.45) is 6.44. The standard InChI is InChI=1S/C15H27NO3/c1-14(4-2-7-18-14)13(16)12-3-8-19-15(11-12)5-9-17-10-6-15/h12-13H,2-11,16H2,1H3. The SMILES string of the molecule is CC1(C(N)C2CCOC3(CCOCC3)C2)CCCO1. The van der Waals surface area contributed by atoms with Crippen LogP contribution in [0.5, 0.6) is 0 Å². The molecule has 0 radical (unpaired) electrons. The van der Waals surface area contributed by atoms with Crippen LogP contribution in [0.2, 0.25) is 0 Å². The molecule has 4 heteroatoms. The third kappa shape index (κ3) is 2.68. The van der Waals surface area contributed by atoms with Gasteiger partial charge >= 0.3 is 0 Å². The highest BCUT2D eigenvalue weighted by atomic mass is 16.5. The summed E-state index contributed by atoms with van der Waals surface area (Å²) in [5.74, 6) is 0.523. The zero-order valence-electron chi connectivity index (χ0n) is 12.0. The minimum atomic E-state index is -0.117. The molecule has 110 valence electrons. The molecule has 0 saturated carbocycles. The molecule has 0 amide bonds. The van der Waals surface area contributed by atoms with Gasteiger partial charge in [0.2, 0.25) is 0 Å². The Bertz CT molecular complexity index is 303. The first-order chi connectivity index (χ1) is 9.14. The molecule has 0 aromatic heterocycles. The summed E-state index contributed by atoms with van der Waals surface area (Å²) in [6, 6.07) is 0.138. The molecule has 3 saturated heterocycles.